The lowest BCUT2D eigenvalue weighted by atomic mass is 10.0. The number of hydrogen-bond acceptors (Lipinski definition) is 4. The van der Waals surface area contributed by atoms with E-state index in [-0.39, 0.29) is 29.6 Å². The van der Waals surface area contributed by atoms with Gasteiger partial charge in [0.05, 0.1) is 17.7 Å². The van der Waals surface area contributed by atoms with Crippen LogP contribution < -0.4 is 16.0 Å². The van der Waals surface area contributed by atoms with Gasteiger partial charge >= 0.3 is 6.03 Å². The molecule has 0 spiro atoms. The van der Waals surface area contributed by atoms with Gasteiger partial charge in [0.1, 0.15) is 0 Å². The van der Waals surface area contributed by atoms with Crippen molar-refractivity contribution in [2.75, 3.05) is 18.9 Å². The number of thioether (sulfide) groups is 1. The van der Waals surface area contributed by atoms with Gasteiger partial charge in [0, 0.05) is 30.6 Å². The lowest BCUT2D eigenvalue weighted by molar-refractivity contribution is -0.121. The summed E-state index contributed by atoms with van der Waals surface area (Å²) in [5.41, 5.74) is -0.183. The number of urea groups is 1. The van der Waals surface area contributed by atoms with Gasteiger partial charge in [-0.1, -0.05) is 6.42 Å². The fourth-order valence-electron chi connectivity index (χ4n) is 3.33. The van der Waals surface area contributed by atoms with Crippen molar-refractivity contribution in [1.29, 1.82) is 0 Å². The Kier molecular flexibility index (Phi) is 7.22. The number of fused-ring (bicyclic) bond motifs is 1. The molecule has 2 aliphatic rings. The van der Waals surface area contributed by atoms with Crippen molar-refractivity contribution in [2.24, 2.45) is 0 Å². The minimum absolute atomic E-state index is 0.0374. The molecule has 0 radical (unpaired) electrons. The second-order valence-electron chi connectivity index (χ2n) is 7.16. The van der Waals surface area contributed by atoms with Crippen LogP contribution in [0.2, 0.25) is 0 Å². The smallest absolute Gasteiger partial charge is 0.315 e. The zero-order valence-corrected chi connectivity index (χ0v) is 15.8. The van der Waals surface area contributed by atoms with Gasteiger partial charge in [0.25, 0.3) is 0 Å². The molecule has 6 nitrogen and oxygen atoms in total. The third-order valence-corrected chi connectivity index (χ3v) is 6.17. The molecule has 24 heavy (non-hydrogen) atoms. The summed E-state index contributed by atoms with van der Waals surface area (Å²) in [4.78, 5) is 23.2. The Bertz CT molecular complexity index is 445. The van der Waals surface area contributed by atoms with Crippen LogP contribution in [-0.4, -0.2) is 53.8 Å². The number of carbonyl (C=O) groups excluding carboxylic acids is 2. The molecule has 0 aromatic carbocycles. The highest BCUT2D eigenvalue weighted by atomic mass is 32.2. The fraction of sp³-hybridized carbons (Fsp3) is 0.882. The Hall–Kier alpha value is -0.950. The molecule has 2 unspecified atom stereocenters. The molecule has 2 heterocycles. The molecule has 2 fully saturated rings. The van der Waals surface area contributed by atoms with Crippen LogP contribution in [0.4, 0.5) is 4.79 Å². The molecule has 2 rings (SSSR count). The fourth-order valence-corrected chi connectivity index (χ4v) is 4.87. The van der Waals surface area contributed by atoms with Crippen LogP contribution in [0.5, 0.6) is 0 Å². The molecule has 0 bridgehead atoms. The number of rotatable bonds is 10. The van der Waals surface area contributed by atoms with Crippen molar-refractivity contribution in [2.45, 2.75) is 75.8 Å². The summed E-state index contributed by atoms with van der Waals surface area (Å²) in [5.74, 6) is 1.11. The normalized spacial score (nSPS) is 26.0. The van der Waals surface area contributed by atoms with Crippen LogP contribution in [0.15, 0.2) is 0 Å². The van der Waals surface area contributed by atoms with Gasteiger partial charge in [-0.3, -0.25) is 4.79 Å². The zero-order valence-electron chi connectivity index (χ0n) is 15.0. The minimum atomic E-state index is -0.183. The van der Waals surface area contributed by atoms with E-state index in [9.17, 15) is 9.59 Å². The van der Waals surface area contributed by atoms with E-state index >= 15 is 0 Å². The van der Waals surface area contributed by atoms with E-state index in [1.165, 1.54) is 0 Å². The largest absolute Gasteiger partial charge is 0.376 e. The Morgan fingerprint density at radius 1 is 1.38 bits per heavy atom. The van der Waals surface area contributed by atoms with Crippen molar-refractivity contribution in [3.63, 3.8) is 0 Å². The van der Waals surface area contributed by atoms with Gasteiger partial charge in [-0.15, -0.1) is 0 Å². The zero-order chi connectivity index (χ0) is 17.6. The summed E-state index contributed by atoms with van der Waals surface area (Å²) in [7, 11) is 0. The first-order valence-electron chi connectivity index (χ1n) is 9.00. The predicted molar refractivity (Wildman–Crippen MR) is 97.3 cm³/mol. The second kappa shape index (κ2) is 8.94. The van der Waals surface area contributed by atoms with Crippen LogP contribution >= 0.6 is 11.8 Å². The lowest BCUT2D eigenvalue weighted by Gasteiger charge is -2.24. The Morgan fingerprint density at radius 2 is 2.17 bits per heavy atom. The average molecular weight is 358 g/mol. The SMILES string of the molecule is CCOC(C)(C)CCNC(=O)CCCC[C@@H]1SCC2NC(=O)NC21. The summed E-state index contributed by atoms with van der Waals surface area (Å²) >= 11 is 1.92. The maximum absolute atomic E-state index is 11.9. The van der Waals surface area contributed by atoms with Gasteiger partial charge in [-0.2, -0.15) is 11.8 Å². The summed E-state index contributed by atoms with van der Waals surface area (Å²) in [6.07, 6.45) is 4.37. The molecule has 0 saturated carbocycles. The molecule has 2 saturated heterocycles. The van der Waals surface area contributed by atoms with E-state index in [4.69, 9.17) is 4.74 Å². The monoisotopic (exact) mass is 357 g/mol. The van der Waals surface area contributed by atoms with Gasteiger partial charge in [-0.05, 0) is 40.0 Å². The van der Waals surface area contributed by atoms with E-state index in [1.807, 2.05) is 32.5 Å². The molecule has 0 aromatic heterocycles. The van der Waals surface area contributed by atoms with Gasteiger partial charge < -0.3 is 20.7 Å². The third-order valence-electron chi connectivity index (χ3n) is 4.66. The summed E-state index contributed by atoms with van der Waals surface area (Å²) in [5, 5.41) is 9.41. The molecule has 138 valence electrons. The van der Waals surface area contributed by atoms with E-state index < -0.39 is 0 Å². The van der Waals surface area contributed by atoms with Crippen molar-refractivity contribution < 1.29 is 14.3 Å². The second-order valence-corrected chi connectivity index (χ2v) is 8.43. The van der Waals surface area contributed by atoms with Gasteiger partial charge in [0.15, 0.2) is 0 Å². The minimum Gasteiger partial charge on any atom is -0.376 e. The number of ether oxygens (including phenoxy) is 1. The Balaban J connectivity index is 1.53. The molecular weight excluding hydrogens is 326 g/mol. The average Bonchev–Trinajstić information content (AvgIpc) is 3.03. The number of amides is 3. The maximum Gasteiger partial charge on any atom is 0.315 e. The summed E-state index contributed by atoms with van der Waals surface area (Å²) in [6.45, 7) is 7.43. The van der Waals surface area contributed by atoms with E-state index in [2.05, 4.69) is 16.0 Å². The highest BCUT2D eigenvalue weighted by Crippen LogP contribution is 2.33. The number of carbonyl (C=O) groups is 2. The molecule has 3 amide bonds. The molecular formula is C17H31N3O3S. The third kappa shape index (κ3) is 5.84. The van der Waals surface area contributed by atoms with Crippen molar-refractivity contribution in [3.8, 4) is 0 Å². The molecule has 2 aliphatic heterocycles. The van der Waals surface area contributed by atoms with Crippen molar-refractivity contribution in [3.05, 3.63) is 0 Å². The first kappa shape index (κ1) is 19.4. The van der Waals surface area contributed by atoms with Crippen LogP contribution in [0, 0.1) is 0 Å². The van der Waals surface area contributed by atoms with Crippen LogP contribution in [0.25, 0.3) is 0 Å². The first-order valence-corrected chi connectivity index (χ1v) is 10.1. The molecule has 7 heteroatoms. The van der Waals surface area contributed by atoms with Crippen molar-refractivity contribution in [1.82, 2.24) is 16.0 Å². The predicted octanol–water partition coefficient (Wildman–Crippen LogP) is 2.03. The highest BCUT2D eigenvalue weighted by Gasteiger charge is 2.42. The number of nitrogens with one attached hydrogen (secondary N) is 3. The molecule has 0 aromatic rings. The highest BCUT2D eigenvalue weighted by molar-refractivity contribution is 8.00. The lowest BCUT2D eigenvalue weighted by Crippen LogP contribution is -2.36. The van der Waals surface area contributed by atoms with Gasteiger partial charge in [-0.25, -0.2) is 4.79 Å². The van der Waals surface area contributed by atoms with Crippen LogP contribution in [-0.2, 0) is 9.53 Å². The quantitative estimate of drug-likeness (QED) is 0.413. The maximum atomic E-state index is 11.9. The number of unbranched alkanes of at least 4 members (excludes halogenated alkanes) is 1. The van der Waals surface area contributed by atoms with Crippen LogP contribution in [0.3, 0.4) is 0 Å². The van der Waals surface area contributed by atoms with Gasteiger partial charge in [0.2, 0.25) is 5.91 Å². The van der Waals surface area contributed by atoms with E-state index in [1.54, 1.807) is 0 Å². The first-order chi connectivity index (χ1) is 11.4. The summed E-state index contributed by atoms with van der Waals surface area (Å²) < 4.78 is 5.62. The molecule has 3 atom stereocenters. The molecule has 3 N–H and O–H groups in total. The standard InChI is InChI=1S/C17H31N3O3S/c1-4-23-17(2,3)9-10-18-14(21)8-6-5-7-13-15-12(11-24-13)19-16(22)20-15/h12-13,15H,4-11H2,1-3H3,(H,18,21)(H2,19,20,22)/t12?,13-,15?/m0/s1. The Labute approximate surface area is 149 Å². The van der Waals surface area contributed by atoms with E-state index in [0.717, 1.165) is 31.4 Å². The van der Waals surface area contributed by atoms with Crippen LogP contribution in [0.1, 0.15) is 52.9 Å². The Morgan fingerprint density at radius 3 is 2.92 bits per heavy atom. The summed E-state index contributed by atoms with van der Waals surface area (Å²) in [6, 6.07) is 0.506. The van der Waals surface area contributed by atoms with E-state index in [0.29, 0.717) is 24.8 Å². The number of hydrogen-bond donors (Lipinski definition) is 3. The molecule has 0 aliphatic carbocycles. The van der Waals surface area contributed by atoms with Crippen molar-refractivity contribution >= 4 is 23.7 Å². The topological polar surface area (TPSA) is 79.5 Å².